The van der Waals surface area contributed by atoms with Crippen LogP contribution in [0.5, 0.6) is 0 Å². The smallest absolute Gasteiger partial charge is 0.416 e. The van der Waals surface area contributed by atoms with Crippen molar-refractivity contribution in [2.75, 3.05) is 16.3 Å². The van der Waals surface area contributed by atoms with Gasteiger partial charge in [0.05, 0.1) is 29.8 Å². The number of nitrogens with zero attached hydrogens (tertiary/aromatic N) is 6. The van der Waals surface area contributed by atoms with Crippen LogP contribution >= 0.6 is 0 Å². The van der Waals surface area contributed by atoms with E-state index in [2.05, 4.69) is 15.4 Å². The predicted molar refractivity (Wildman–Crippen MR) is 159 cm³/mol. The highest BCUT2D eigenvalue weighted by molar-refractivity contribution is 5.67. The molecule has 2 atom stereocenters. The van der Waals surface area contributed by atoms with Crippen LogP contribution in [0.2, 0.25) is 0 Å². The number of aliphatic carboxylic acids is 1. The van der Waals surface area contributed by atoms with E-state index in [0.717, 1.165) is 29.8 Å². The van der Waals surface area contributed by atoms with Gasteiger partial charge in [-0.15, -0.1) is 5.10 Å². The second-order valence-corrected chi connectivity index (χ2v) is 12.8. The topological polar surface area (TPSA) is 87.4 Å². The quantitative estimate of drug-likeness (QED) is 0.224. The maximum absolute atomic E-state index is 14.1. The molecule has 0 amide bonds. The lowest BCUT2D eigenvalue weighted by atomic mass is 9.79. The van der Waals surface area contributed by atoms with Crippen LogP contribution in [0.1, 0.15) is 85.7 Å². The predicted octanol–water partition coefficient (Wildman–Crippen LogP) is 8.28. The Labute approximate surface area is 275 Å². The summed E-state index contributed by atoms with van der Waals surface area (Å²) in [6.07, 6.45) is -11.3. The monoisotopic (exact) mass is 706 g/mol. The van der Waals surface area contributed by atoms with Crippen molar-refractivity contribution in [3.05, 3.63) is 64.2 Å². The van der Waals surface area contributed by atoms with Crippen LogP contribution in [0.3, 0.4) is 0 Å². The fourth-order valence-electron chi connectivity index (χ4n) is 7.06. The Balaban J connectivity index is 1.58. The lowest BCUT2D eigenvalue weighted by Crippen LogP contribution is -2.47. The molecule has 0 spiro atoms. The second kappa shape index (κ2) is 13.7. The molecule has 2 aromatic carbocycles. The molecule has 1 unspecified atom stereocenters. The molecule has 0 bridgehead atoms. The average molecular weight is 707 g/mol. The Morgan fingerprint density at radius 3 is 1.98 bits per heavy atom. The van der Waals surface area contributed by atoms with Gasteiger partial charge in [0, 0.05) is 31.2 Å². The van der Waals surface area contributed by atoms with Crippen LogP contribution in [0, 0.1) is 11.8 Å². The Bertz CT molecular complexity index is 1600. The van der Waals surface area contributed by atoms with Gasteiger partial charge < -0.3 is 14.9 Å². The van der Waals surface area contributed by atoms with Gasteiger partial charge in [-0.2, -0.15) is 44.3 Å². The SMILES string of the molecule is CC[C@@H]1CC(N(Cc2cc(C(F)(F)F)cc(C(F)(F)F)c2)c2nnn(C)n2)c2cc(C(F)(F)F)ccc2N1CC1CCC(CC(=O)O)CC1. The van der Waals surface area contributed by atoms with Gasteiger partial charge in [0.1, 0.15) is 0 Å². The van der Waals surface area contributed by atoms with Crippen molar-refractivity contribution in [3.8, 4) is 0 Å². The molecule has 1 N–H and O–H groups in total. The number of aromatic nitrogens is 4. The summed E-state index contributed by atoms with van der Waals surface area (Å²) in [6.45, 7) is 1.78. The fraction of sp³-hybridized carbons (Fsp3) is 0.562. The zero-order valence-corrected chi connectivity index (χ0v) is 26.6. The number of hydrogen-bond donors (Lipinski definition) is 1. The number of hydrogen-bond acceptors (Lipinski definition) is 6. The van der Waals surface area contributed by atoms with Gasteiger partial charge in [-0.25, -0.2) is 0 Å². The van der Waals surface area contributed by atoms with Crippen molar-refractivity contribution in [2.24, 2.45) is 18.9 Å². The molecule has 268 valence electrons. The fourth-order valence-corrected chi connectivity index (χ4v) is 7.06. The summed E-state index contributed by atoms with van der Waals surface area (Å²) >= 11 is 0. The number of aryl methyl sites for hydroxylation is 1. The summed E-state index contributed by atoms with van der Waals surface area (Å²) in [6, 6.07) is 3.20. The molecule has 5 rings (SSSR count). The zero-order valence-electron chi connectivity index (χ0n) is 26.6. The van der Waals surface area contributed by atoms with Crippen LogP contribution < -0.4 is 9.80 Å². The van der Waals surface area contributed by atoms with Crippen LogP contribution in [0.15, 0.2) is 36.4 Å². The molecule has 2 aliphatic rings. The molecule has 0 saturated heterocycles. The lowest BCUT2D eigenvalue weighted by molar-refractivity contribution is -0.143. The van der Waals surface area contributed by atoms with E-state index in [1.54, 1.807) is 0 Å². The van der Waals surface area contributed by atoms with Gasteiger partial charge >= 0.3 is 24.5 Å². The number of carboxylic acids is 1. The summed E-state index contributed by atoms with van der Waals surface area (Å²) in [5.74, 6) is -0.867. The number of alkyl halides is 9. The van der Waals surface area contributed by atoms with Crippen molar-refractivity contribution in [1.82, 2.24) is 20.2 Å². The van der Waals surface area contributed by atoms with Gasteiger partial charge in [0.25, 0.3) is 5.95 Å². The van der Waals surface area contributed by atoms with E-state index in [0.29, 0.717) is 43.6 Å². The average Bonchev–Trinajstić information content (AvgIpc) is 3.45. The summed E-state index contributed by atoms with van der Waals surface area (Å²) in [4.78, 5) is 15.6. The van der Waals surface area contributed by atoms with E-state index >= 15 is 0 Å². The van der Waals surface area contributed by atoms with Crippen molar-refractivity contribution < 1.29 is 49.4 Å². The molecule has 49 heavy (non-hydrogen) atoms. The molecular formula is C32H35F9N6O2. The number of tetrazole rings is 1. The summed E-state index contributed by atoms with van der Waals surface area (Å²) < 4.78 is 125. The van der Waals surface area contributed by atoms with E-state index < -0.39 is 59.3 Å². The van der Waals surface area contributed by atoms with Crippen molar-refractivity contribution in [3.63, 3.8) is 0 Å². The highest BCUT2D eigenvalue weighted by Crippen LogP contribution is 2.47. The number of carboxylic acid groups (broad SMARTS) is 1. The Hall–Kier alpha value is -4.05. The molecule has 3 aromatic rings. The number of anilines is 2. The van der Waals surface area contributed by atoms with Crippen molar-refractivity contribution >= 4 is 17.6 Å². The number of fused-ring (bicyclic) bond motifs is 1. The Kier molecular flexibility index (Phi) is 10.1. The van der Waals surface area contributed by atoms with Crippen LogP contribution in [0.4, 0.5) is 51.1 Å². The third-order valence-electron chi connectivity index (χ3n) is 9.45. The lowest BCUT2D eigenvalue weighted by Gasteiger charge is -2.47. The standard InChI is InChI=1S/C32H35F9N6O2/c1-3-24-15-27(47(29-42-44-45(2)43-29)17-20-10-22(31(36,37)38)13-23(11-20)32(39,40)41)25-14-21(30(33,34)35)8-9-26(25)46(24)16-19-6-4-18(5-7-19)12-28(48)49/h8-11,13-14,18-19,24,27H,3-7,12,15-17H2,1-2H3,(H,48,49)/t18?,19?,24-,27?/m1/s1. The molecule has 1 aliphatic carbocycles. The molecule has 1 saturated carbocycles. The third-order valence-corrected chi connectivity index (χ3v) is 9.45. The minimum absolute atomic E-state index is 0.0140. The Morgan fingerprint density at radius 1 is 0.878 bits per heavy atom. The van der Waals surface area contributed by atoms with Gasteiger partial charge in [0.2, 0.25) is 0 Å². The maximum atomic E-state index is 14.1. The number of halogens is 9. The largest absolute Gasteiger partial charge is 0.481 e. The van der Waals surface area contributed by atoms with Crippen molar-refractivity contribution in [2.45, 2.75) is 89.0 Å². The minimum Gasteiger partial charge on any atom is -0.481 e. The first-order valence-corrected chi connectivity index (χ1v) is 15.8. The molecule has 0 radical (unpaired) electrons. The molecule has 1 aromatic heterocycles. The highest BCUT2D eigenvalue weighted by Gasteiger charge is 2.42. The molecule has 1 fully saturated rings. The van der Waals surface area contributed by atoms with E-state index in [4.69, 9.17) is 0 Å². The van der Waals surface area contributed by atoms with Gasteiger partial charge in [-0.1, -0.05) is 12.0 Å². The molecule has 1 aliphatic heterocycles. The van der Waals surface area contributed by atoms with E-state index in [-0.39, 0.29) is 48.3 Å². The summed E-state index contributed by atoms with van der Waals surface area (Å²) in [5.41, 5.74) is -3.78. The molecular weight excluding hydrogens is 671 g/mol. The number of carbonyl (C=O) groups is 1. The van der Waals surface area contributed by atoms with Gasteiger partial charge in [0.15, 0.2) is 0 Å². The summed E-state index contributed by atoms with van der Waals surface area (Å²) in [7, 11) is 1.40. The van der Waals surface area contributed by atoms with Crippen LogP contribution in [-0.4, -0.2) is 43.9 Å². The van der Waals surface area contributed by atoms with Crippen LogP contribution in [-0.2, 0) is 36.9 Å². The van der Waals surface area contributed by atoms with Gasteiger partial charge in [-0.05, 0) is 103 Å². The molecule has 8 nitrogen and oxygen atoms in total. The molecule has 2 heterocycles. The number of benzene rings is 2. The number of rotatable bonds is 9. The third kappa shape index (κ3) is 8.40. The van der Waals surface area contributed by atoms with E-state index in [9.17, 15) is 49.4 Å². The highest BCUT2D eigenvalue weighted by atomic mass is 19.4. The van der Waals surface area contributed by atoms with Crippen molar-refractivity contribution in [1.29, 1.82) is 0 Å². The second-order valence-electron chi connectivity index (χ2n) is 12.8. The normalized spacial score (nSPS) is 21.8. The minimum atomic E-state index is -5.11. The van der Waals surface area contributed by atoms with E-state index in [1.807, 2.05) is 11.8 Å². The first-order valence-electron chi connectivity index (χ1n) is 15.8. The summed E-state index contributed by atoms with van der Waals surface area (Å²) in [5, 5.41) is 21.1. The Morgan fingerprint density at radius 2 is 1.47 bits per heavy atom. The van der Waals surface area contributed by atoms with Crippen LogP contribution in [0.25, 0.3) is 0 Å². The first-order chi connectivity index (χ1) is 22.8. The maximum Gasteiger partial charge on any atom is 0.416 e. The molecule has 17 heteroatoms. The van der Waals surface area contributed by atoms with Gasteiger partial charge in [-0.3, -0.25) is 4.79 Å². The van der Waals surface area contributed by atoms with E-state index in [1.165, 1.54) is 18.0 Å². The zero-order chi connectivity index (χ0) is 35.9. The first kappa shape index (κ1) is 36.2.